The van der Waals surface area contributed by atoms with Crippen molar-refractivity contribution in [1.29, 1.82) is 0 Å². The van der Waals surface area contributed by atoms with Gasteiger partial charge in [0.05, 0.1) is 7.11 Å². The zero-order valence-corrected chi connectivity index (χ0v) is 7.84. The normalized spacial score (nSPS) is 10.6. The molecular formula is C7H8N4OS. The van der Waals surface area contributed by atoms with E-state index in [4.69, 9.17) is 10.5 Å². The zero-order valence-electron chi connectivity index (χ0n) is 7.02. The van der Waals surface area contributed by atoms with Gasteiger partial charge in [-0.05, 0) is 0 Å². The monoisotopic (exact) mass is 196 g/mol. The molecule has 2 heterocycles. The van der Waals surface area contributed by atoms with Crippen molar-refractivity contribution < 1.29 is 4.74 Å². The second-order valence-corrected chi connectivity index (χ2v) is 3.41. The quantitative estimate of drug-likeness (QED) is 0.759. The summed E-state index contributed by atoms with van der Waals surface area (Å²) < 4.78 is 5.04. The van der Waals surface area contributed by atoms with E-state index in [2.05, 4.69) is 15.0 Å². The smallest absolute Gasteiger partial charge is 0.244 e. The number of hydrogen-bond donors (Lipinski definition) is 1. The van der Waals surface area contributed by atoms with Crippen LogP contribution in [-0.4, -0.2) is 22.1 Å². The van der Waals surface area contributed by atoms with E-state index in [0.717, 1.165) is 9.84 Å². The van der Waals surface area contributed by atoms with Gasteiger partial charge in [0.15, 0.2) is 10.3 Å². The van der Waals surface area contributed by atoms with Gasteiger partial charge in [-0.3, -0.25) is 0 Å². The minimum Gasteiger partial charge on any atom is -0.479 e. The summed E-state index contributed by atoms with van der Waals surface area (Å²) >= 11 is 1.46. The molecule has 0 saturated carbocycles. The van der Waals surface area contributed by atoms with E-state index in [-0.39, 0.29) is 0 Å². The van der Waals surface area contributed by atoms with Gasteiger partial charge in [-0.1, -0.05) is 11.3 Å². The van der Waals surface area contributed by atoms with Crippen molar-refractivity contribution in [3.63, 3.8) is 0 Å². The Balaban J connectivity index is 2.67. The third kappa shape index (κ3) is 1.34. The molecule has 6 heteroatoms. The fourth-order valence-corrected chi connectivity index (χ4v) is 1.79. The molecule has 0 aliphatic carbocycles. The first-order valence-corrected chi connectivity index (χ1v) is 4.51. The Morgan fingerprint density at radius 3 is 3.08 bits per heavy atom. The maximum atomic E-state index is 5.46. The fourth-order valence-electron chi connectivity index (χ4n) is 1.01. The van der Waals surface area contributed by atoms with Gasteiger partial charge in [0.25, 0.3) is 0 Å². The van der Waals surface area contributed by atoms with E-state index in [1.165, 1.54) is 17.7 Å². The number of hydrogen-bond acceptors (Lipinski definition) is 6. The Kier molecular flexibility index (Phi) is 2.07. The maximum Gasteiger partial charge on any atom is 0.244 e. The lowest BCUT2D eigenvalue weighted by Crippen LogP contribution is -1.94. The van der Waals surface area contributed by atoms with Crippen LogP contribution >= 0.6 is 11.3 Å². The van der Waals surface area contributed by atoms with E-state index in [1.54, 1.807) is 7.11 Å². The van der Waals surface area contributed by atoms with E-state index < -0.39 is 0 Å². The third-order valence-corrected chi connectivity index (χ3v) is 2.56. The van der Waals surface area contributed by atoms with Crippen molar-refractivity contribution in [3.05, 3.63) is 11.3 Å². The van der Waals surface area contributed by atoms with Crippen LogP contribution in [0.4, 0.5) is 0 Å². The predicted molar refractivity (Wildman–Crippen MR) is 49.7 cm³/mol. The molecule has 2 N–H and O–H groups in total. The van der Waals surface area contributed by atoms with Gasteiger partial charge in [0.2, 0.25) is 5.88 Å². The number of aromatic nitrogens is 3. The summed E-state index contributed by atoms with van der Waals surface area (Å²) in [6.45, 7) is 0.421. The zero-order chi connectivity index (χ0) is 9.26. The molecule has 0 aliphatic rings. The molecule has 0 unspecified atom stereocenters. The minimum atomic E-state index is 0.421. The van der Waals surface area contributed by atoms with Crippen LogP contribution in [0, 0.1) is 0 Å². The molecule has 2 aromatic rings. The molecule has 0 fully saturated rings. The number of nitrogens with zero attached hydrogens (tertiary/aromatic N) is 3. The molecule has 68 valence electrons. The van der Waals surface area contributed by atoms with E-state index in [9.17, 15) is 0 Å². The van der Waals surface area contributed by atoms with E-state index in [0.29, 0.717) is 17.9 Å². The number of fused-ring (bicyclic) bond motifs is 1. The number of methoxy groups -OCH3 is 1. The Bertz CT molecular complexity index is 427. The molecule has 13 heavy (non-hydrogen) atoms. The molecule has 0 atom stereocenters. The lowest BCUT2D eigenvalue weighted by molar-refractivity contribution is 0.401. The molecule has 0 radical (unpaired) electrons. The molecule has 5 nitrogen and oxygen atoms in total. The summed E-state index contributed by atoms with van der Waals surface area (Å²) in [5.41, 5.74) is 6.15. The third-order valence-electron chi connectivity index (χ3n) is 1.57. The Hall–Kier alpha value is -1.27. The molecule has 2 rings (SSSR count). The largest absolute Gasteiger partial charge is 0.479 e. The molecular weight excluding hydrogens is 188 g/mol. The van der Waals surface area contributed by atoms with Crippen LogP contribution < -0.4 is 10.5 Å². The van der Waals surface area contributed by atoms with Crippen LogP contribution in [0.3, 0.4) is 0 Å². The second-order valence-electron chi connectivity index (χ2n) is 2.35. The summed E-state index contributed by atoms with van der Waals surface area (Å²) in [4.78, 5) is 13.1. The Morgan fingerprint density at radius 2 is 2.38 bits per heavy atom. The highest BCUT2D eigenvalue weighted by Gasteiger charge is 2.09. The summed E-state index contributed by atoms with van der Waals surface area (Å²) in [7, 11) is 1.56. The Labute approximate surface area is 78.6 Å². The highest BCUT2D eigenvalue weighted by Crippen LogP contribution is 2.25. The highest BCUT2D eigenvalue weighted by molar-refractivity contribution is 7.18. The van der Waals surface area contributed by atoms with E-state index in [1.807, 2.05) is 0 Å². The number of ether oxygens (including phenoxy) is 1. The van der Waals surface area contributed by atoms with Crippen molar-refractivity contribution in [2.45, 2.75) is 6.54 Å². The van der Waals surface area contributed by atoms with Gasteiger partial charge in [-0.25, -0.2) is 9.97 Å². The second kappa shape index (κ2) is 3.23. The van der Waals surface area contributed by atoms with Crippen LogP contribution in [-0.2, 0) is 6.54 Å². The van der Waals surface area contributed by atoms with Gasteiger partial charge >= 0.3 is 0 Å². The first-order valence-electron chi connectivity index (χ1n) is 3.69. The molecule has 0 spiro atoms. The predicted octanol–water partition coefficient (Wildman–Crippen LogP) is 0.554. The van der Waals surface area contributed by atoms with Gasteiger partial charge in [-0.15, -0.1) is 0 Å². The van der Waals surface area contributed by atoms with Crippen LogP contribution in [0.5, 0.6) is 5.88 Å². The molecule has 0 bridgehead atoms. The average molecular weight is 196 g/mol. The van der Waals surface area contributed by atoms with Gasteiger partial charge in [0, 0.05) is 6.54 Å². The van der Waals surface area contributed by atoms with Crippen molar-refractivity contribution in [2.24, 2.45) is 5.73 Å². The van der Waals surface area contributed by atoms with Crippen LogP contribution in [0.1, 0.15) is 5.01 Å². The fraction of sp³-hybridized carbons (Fsp3) is 0.286. The van der Waals surface area contributed by atoms with Crippen molar-refractivity contribution in [2.75, 3.05) is 7.11 Å². The van der Waals surface area contributed by atoms with Crippen LogP contribution in [0.25, 0.3) is 10.3 Å². The summed E-state index contributed by atoms with van der Waals surface area (Å²) in [5, 5.41) is 0.841. The lowest BCUT2D eigenvalue weighted by Gasteiger charge is -1.95. The highest BCUT2D eigenvalue weighted by atomic mass is 32.1. The van der Waals surface area contributed by atoms with Crippen LogP contribution in [0.15, 0.2) is 6.33 Å². The Morgan fingerprint density at radius 1 is 1.54 bits per heavy atom. The van der Waals surface area contributed by atoms with Gasteiger partial charge in [-0.2, -0.15) is 4.98 Å². The van der Waals surface area contributed by atoms with Crippen LogP contribution in [0.2, 0.25) is 0 Å². The summed E-state index contributed by atoms with van der Waals surface area (Å²) in [6.07, 6.45) is 1.46. The first-order chi connectivity index (χ1) is 6.35. The average Bonchev–Trinajstić information content (AvgIpc) is 2.59. The number of nitrogens with two attached hydrogens (primary N) is 1. The number of rotatable bonds is 2. The summed E-state index contributed by atoms with van der Waals surface area (Å²) in [5.74, 6) is 0.501. The van der Waals surface area contributed by atoms with Crippen molar-refractivity contribution in [3.8, 4) is 5.88 Å². The standard InChI is InChI=1S/C7H8N4OS/c1-12-6-5-7(10-3-9-6)13-4(2-8)11-5/h3H,2,8H2,1H3. The molecule has 0 saturated heterocycles. The minimum absolute atomic E-state index is 0.421. The van der Waals surface area contributed by atoms with E-state index >= 15 is 0 Å². The molecule has 2 aromatic heterocycles. The molecule has 0 aromatic carbocycles. The van der Waals surface area contributed by atoms with Crippen molar-refractivity contribution >= 4 is 21.7 Å². The summed E-state index contributed by atoms with van der Waals surface area (Å²) in [6, 6.07) is 0. The van der Waals surface area contributed by atoms with Crippen molar-refractivity contribution in [1.82, 2.24) is 15.0 Å². The first kappa shape index (κ1) is 8.33. The lowest BCUT2D eigenvalue weighted by atomic mass is 10.5. The topological polar surface area (TPSA) is 73.9 Å². The van der Waals surface area contributed by atoms with Gasteiger partial charge in [0.1, 0.15) is 11.3 Å². The maximum absolute atomic E-state index is 5.46. The molecule has 0 aliphatic heterocycles. The molecule has 0 amide bonds. The number of thiazole rings is 1. The van der Waals surface area contributed by atoms with Gasteiger partial charge < -0.3 is 10.5 Å². The SMILES string of the molecule is COc1ncnc2sc(CN)nc12.